The van der Waals surface area contributed by atoms with Gasteiger partial charge < -0.3 is 10.1 Å². The molecule has 1 N–H and O–H groups in total. The Morgan fingerprint density at radius 1 is 1.18 bits per heavy atom. The first-order chi connectivity index (χ1) is 13.5. The van der Waals surface area contributed by atoms with Crippen LogP contribution in [0.1, 0.15) is 35.7 Å². The summed E-state index contributed by atoms with van der Waals surface area (Å²) in [5.41, 5.74) is 1.28. The third-order valence-corrected chi connectivity index (χ3v) is 4.85. The van der Waals surface area contributed by atoms with Crippen molar-refractivity contribution in [1.82, 2.24) is 10.2 Å². The average Bonchev–Trinajstić information content (AvgIpc) is 2.69. The van der Waals surface area contributed by atoms with E-state index in [1.54, 1.807) is 36.4 Å². The number of Topliss-reactive ketones (excluding diaryl/α,β-unsaturated/α-hetero) is 1. The van der Waals surface area contributed by atoms with Gasteiger partial charge in [-0.1, -0.05) is 18.2 Å². The average molecular weight is 384 g/mol. The third kappa shape index (κ3) is 5.63. The van der Waals surface area contributed by atoms with Gasteiger partial charge in [-0.15, -0.1) is 0 Å². The lowest BCUT2D eigenvalue weighted by atomic mass is 10.0. The van der Waals surface area contributed by atoms with E-state index in [2.05, 4.69) is 10.2 Å². The van der Waals surface area contributed by atoms with Crippen LogP contribution in [0.3, 0.4) is 0 Å². The van der Waals surface area contributed by atoms with Crippen molar-refractivity contribution in [1.29, 1.82) is 0 Å². The number of nitrogens with one attached hydrogen (secondary N) is 1. The van der Waals surface area contributed by atoms with E-state index in [-0.39, 0.29) is 30.2 Å². The lowest BCUT2D eigenvalue weighted by Crippen LogP contribution is -2.48. The van der Waals surface area contributed by atoms with Crippen molar-refractivity contribution in [2.75, 3.05) is 19.7 Å². The van der Waals surface area contributed by atoms with Crippen LogP contribution in [0.4, 0.5) is 4.39 Å². The fourth-order valence-corrected chi connectivity index (χ4v) is 3.39. The van der Waals surface area contributed by atoms with E-state index in [9.17, 15) is 14.0 Å². The normalized spacial score (nSPS) is 17.1. The highest BCUT2D eigenvalue weighted by molar-refractivity contribution is 5.94. The van der Waals surface area contributed by atoms with Gasteiger partial charge in [-0.05, 0) is 56.6 Å². The highest BCUT2D eigenvalue weighted by Crippen LogP contribution is 2.16. The fraction of sp³-hybridized carbons (Fsp3) is 0.364. The second kappa shape index (κ2) is 9.46. The number of piperidine rings is 1. The van der Waals surface area contributed by atoms with Crippen LogP contribution in [0, 0.1) is 5.82 Å². The minimum Gasteiger partial charge on any atom is -0.484 e. The summed E-state index contributed by atoms with van der Waals surface area (Å²) >= 11 is 0. The summed E-state index contributed by atoms with van der Waals surface area (Å²) in [6.07, 6.45) is 1.85. The summed E-state index contributed by atoms with van der Waals surface area (Å²) < 4.78 is 19.3. The molecule has 3 rings (SSSR count). The van der Waals surface area contributed by atoms with E-state index in [0.29, 0.717) is 30.0 Å². The molecular weight excluding hydrogens is 359 g/mol. The van der Waals surface area contributed by atoms with Crippen molar-refractivity contribution in [3.05, 3.63) is 65.5 Å². The number of hydrogen-bond acceptors (Lipinski definition) is 4. The predicted octanol–water partition coefficient (Wildman–Crippen LogP) is 3.19. The van der Waals surface area contributed by atoms with E-state index < -0.39 is 0 Å². The van der Waals surface area contributed by atoms with Crippen molar-refractivity contribution in [2.24, 2.45) is 0 Å². The van der Waals surface area contributed by atoms with Crippen molar-refractivity contribution >= 4 is 11.7 Å². The van der Waals surface area contributed by atoms with Crippen LogP contribution in [-0.2, 0) is 11.3 Å². The Morgan fingerprint density at radius 2 is 1.93 bits per heavy atom. The molecule has 1 fully saturated rings. The van der Waals surface area contributed by atoms with Crippen molar-refractivity contribution in [3.63, 3.8) is 0 Å². The van der Waals surface area contributed by atoms with Crippen LogP contribution < -0.4 is 10.1 Å². The van der Waals surface area contributed by atoms with Gasteiger partial charge in [0.05, 0.1) is 0 Å². The fourth-order valence-electron chi connectivity index (χ4n) is 3.39. The topological polar surface area (TPSA) is 58.6 Å². The Bertz CT molecular complexity index is 823. The van der Waals surface area contributed by atoms with Gasteiger partial charge in [0.15, 0.2) is 12.4 Å². The molecule has 1 atom stereocenters. The van der Waals surface area contributed by atoms with E-state index >= 15 is 0 Å². The Hall–Kier alpha value is -2.73. The maximum absolute atomic E-state index is 13.9. The minimum atomic E-state index is -0.196. The van der Waals surface area contributed by atoms with Gasteiger partial charge >= 0.3 is 0 Å². The SMILES string of the molecule is CC(=O)c1ccc(OCC(=O)NC2CCCN(Cc3ccccc3F)C2)cc1. The van der Waals surface area contributed by atoms with Gasteiger partial charge in [0.25, 0.3) is 5.91 Å². The lowest BCUT2D eigenvalue weighted by molar-refractivity contribution is -0.124. The second-order valence-electron chi connectivity index (χ2n) is 7.10. The van der Waals surface area contributed by atoms with Crippen LogP contribution >= 0.6 is 0 Å². The molecule has 6 heteroatoms. The molecule has 0 bridgehead atoms. The van der Waals surface area contributed by atoms with Crippen molar-refractivity contribution in [2.45, 2.75) is 32.4 Å². The third-order valence-electron chi connectivity index (χ3n) is 4.85. The maximum atomic E-state index is 13.9. The number of benzene rings is 2. The molecule has 1 unspecified atom stereocenters. The molecule has 2 aromatic rings. The zero-order chi connectivity index (χ0) is 19.9. The van der Waals surface area contributed by atoms with Gasteiger partial charge in [-0.25, -0.2) is 4.39 Å². The molecule has 1 aliphatic heterocycles. The highest BCUT2D eigenvalue weighted by Gasteiger charge is 2.22. The predicted molar refractivity (Wildman–Crippen MR) is 105 cm³/mol. The zero-order valence-electron chi connectivity index (χ0n) is 16.0. The number of nitrogens with zero attached hydrogens (tertiary/aromatic N) is 1. The van der Waals surface area contributed by atoms with E-state index in [4.69, 9.17) is 4.74 Å². The number of amides is 1. The summed E-state index contributed by atoms with van der Waals surface area (Å²) in [5.74, 6) is 0.151. The van der Waals surface area contributed by atoms with Crippen LogP contribution in [0.25, 0.3) is 0 Å². The Morgan fingerprint density at radius 3 is 2.64 bits per heavy atom. The summed E-state index contributed by atoms with van der Waals surface area (Å²) in [4.78, 5) is 25.6. The molecule has 5 nitrogen and oxygen atoms in total. The van der Waals surface area contributed by atoms with Crippen LogP contribution in [-0.4, -0.2) is 42.3 Å². The van der Waals surface area contributed by atoms with Gasteiger partial charge in [0.2, 0.25) is 0 Å². The monoisotopic (exact) mass is 384 g/mol. The second-order valence-corrected chi connectivity index (χ2v) is 7.10. The van der Waals surface area contributed by atoms with E-state index in [1.165, 1.54) is 13.0 Å². The number of likely N-dealkylation sites (tertiary alicyclic amines) is 1. The number of ketones is 1. The van der Waals surface area contributed by atoms with Gasteiger partial charge in [-0.3, -0.25) is 14.5 Å². The minimum absolute atomic E-state index is 0.0125. The summed E-state index contributed by atoms with van der Waals surface area (Å²) in [6, 6.07) is 13.5. The zero-order valence-corrected chi connectivity index (χ0v) is 16.0. The van der Waals surface area contributed by atoms with Gasteiger partial charge in [0, 0.05) is 30.3 Å². The number of ether oxygens (including phenoxy) is 1. The number of carbonyl (C=O) groups excluding carboxylic acids is 2. The van der Waals surface area contributed by atoms with Gasteiger partial charge in [0.1, 0.15) is 11.6 Å². The van der Waals surface area contributed by atoms with E-state index in [0.717, 1.165) is 19.4 Å². The molecule has 0 radical (unpaired) electrons. The molecule has 0 aromatic heterocycles. The first-order valence-corrected chi connectivity index (χ1v) is 9.50. The maximum Gasteiger partial charge on any atom is 0.258 e. The highest BCUT2D eigenvalue weighted by atomic mass is 19.1. The molecule has 1 amide bonds. The Balaban J connectivity index is 1.45. The molecular formula is C22H25FN2O3. The number of rotatable bonds is 7. The molecule has 1 aliphatic rings. The number of hydrogen-bond donors (Lipinski definition) is 1. The van der Waals surface area contributed by atoms with Crippen LogP contribution in [0.5, 0.6) is 5.75 Å². The molecule has 1 heterocycles. The van der Waals surface area contributed by atoms with Crippen molar-refractivity contribution in [3.8, 4) is 5.75 Å². The smallest absolute Gasteiger partial charge is 0.258 e. The Labute approximate surface area is 164 Å². The first kappa shape index (κ1) is 20.0. The van der Waals surface area contributed by atoms with Gasteiger partial charge in [-0.2, -0.15) is 0 Å². The van der Waals surface area contributed by atoms with Crippen LogP contribution in [0.2, 0.25) is 0 Å². The first-order valence-electron chi connectivity index (χ1n) is 9.50. The van der Waals surface area contributed by atoms with Crippen LogP contribution in [0.15, 0.2) is 48.5 Å². The molecule has 0 saturated carbocycles. The summed E-state index contributed by atoms with van der Waals surface area (Å²) in [6.45, 7) is 3.54. The number of halogens is 1. The molecule has 148 valence electrons. The molecule has 0 aliphatic carbocycles. The lowest BCUT2D eigenvalue weighted by Gasteiger charge is -2.33. The number of carbonyl (C=O) groups is 2. The molecule has 1 saturated heterocycles. The quantitative estimate of drug-likeness (QED) is 0.745. The summed E-state index contributed by atoms with van der Waals surface area (Å²) in [7, 11) is 0. The largest absolute Gasteiger partial charge is 0.484 e. The standard InChI is InChI=1S/C22H25FN2O3/c1-16(26)17-8-10-20(11-9-17)28-15-22(27)24-19-6-4-12-25(14-19)13-18-5-2-3-7-21(18)23/h2-3,5,7-11,19H,4,6,12-15H2,1H3,(H,24,27). The summed E-state index contributed by atoms with van der Waals surface area (Å²) in [5, 5.41) is 3.00. The van der Waals surface area contributed by atoms with E-state index in [1.807, 2.05) is 6.07 Å². The Kier molecular flexibility index (Phi) is 6.76. The molecule has 0 spiro atoms. The molecule has 28 heavy (non-hydrogen) atoms. The molecule has 2 aromatic carbocycles. The van der Waals surface area contributed by atoms with Crippen molar-refractivity contribution < 1.29 is 18.7 Å².